The van der Waals surface area contributed by atoms with E-state index in [-0.39, 0.29) is 6.04 Å². The number of nitrogens with zero attached hydrogens (tertiary/aromatic N) is 3. The van der Waals surface area contributed by atoms with Crippen LogP contribution in [0.1, 0.15) is 18.4 Å². The Kier molecular flexibility index (Phi) is 3.06. The number of rotatable bonds is 1. The average Bonchev–Trinajstić information content (AvgIpc) is 2.47. The first-order valence-electron chi connectivity index (χ1n) is 6.58. The number of nitriles is 1. The number of fused-ring (bicyclic) bond motifs is 1. The third-order valence-corrected chi connectivity index (χ3v) is 3.72. The molecule has 0 aliphatic carbocycles. The highest BCUT2D eigenvalue weighted by Gasteiger charge is 2.20. The lowest BCUT2D eigenvalue weighted by molar-refractivity contribution is 0.502. The highest BCUT2D eigenvalue weighted by atomic mass is 15.1. The molecule has 4 heteroatoms. The van der Waals surface area contributed by atoms with Gasteiger partial charge in [-0.2, -0.15) is 5.26 Å². The molecule has 1 fully saturated rings. The summed E-state index contributed by atoms with van der Waals surface area (Å²) in [5, 5.41) is 10.4. The number of nitrogens with two attached hydrogens (primary N) is 1. The number of para-hydroxylation sites is 1. The predicted octanol–water partition coefficient (Wildman–Crippen LogP) is 2.03. The fourth-order valence-corrected chi connectivity index (χ4v) is 2.67. The lowest BCUT2D eigenvalue weighted by Crippen LogP contribution is -2.40. The van der Waals surface area contributed by atoms with E-state index >= 15 is 0 Å². The fourth-order valence-electron chi connectivity index (χ4n) is 2.67. The first kappa shape index (κ1) is 11.9. The van der Waals surface area contributed by atoms with Gasteiger partial charge >= 0.3 is 0 Å². The largest absolute Gasteiger partial charge is 0.370 e. The molecular weight excluding hydrogens is 236 g/mol. The summed E-state index contributed by atoms with van der Waals surface area (Å²) in [5.74, 6) is 0. The van der Waals surface area contributed by atoms with Gasteiger partial charge in [-0.05, 0) is 18.9 Å². The molecule has 1 aromatic carbocycles. The minimum atomic E-state index is 0.287. The SMILES string of the molecule is N#Cc1cnc2ccccc2c1N1CCC(N)CC1. The van der Waals surface area contributed by atoms with Crippen LogP contribution in [0.25, 0.3) is 10.9 Å². The Bertz CT molecular complexity index is 636. The maximum absolute atomic E-state index is 9.32. The van der Waals surface area contributed by atoms with Gasteiger partial charge in [0.05, 0.1) is 16.8 Å². The second kappa shape index (κ2) is 4.87. The van der Waals surface area contributed by atoms with E-state index in [9.17, 15) is 5.26 Å². The van der Waals surface area contributed by atoms with Crippen LogP contribution in [-0.2, 0) is 0 Å². The van der Waals surface area contributed by atoms with Gasteiger partial charge in [-0.15, -0.1) is 0 Å². The fraction of sp³-hybridized carbons (Fsp3) is 0.333. The van der Waals surface area contributed by atoms with E-state index in [0.29, 0.717) is 5.56 Å². The number of hydrogen-bond acceptors (Lipinski definition) is 4. The van der Waals surface area contributed by atoms with Gasteiger partial charge in [0.15, 0.2) is 0 Å². The van der Waals surface area contributed by atoms with E-state index in [1.54, 1.807) is 6.20 Å². The van der Waals surface area contributed by atoms with E-state index in [0.717, 1.165) is 42.5 Å². The van der Waals surface area contributed by atoms with Crippen LogP contribution in [0.3, 0.4) is 0 Å². The van der Waals surface area contributed by atoms with Crippen LogP contribution in [0.5, 0.6) is 0 Å². The van der Waals surface area contributed by atoms with Crippen LogP contribution in [0, 0.1) is 11.3 Å². The molecule has 4 nitrogen and oxygen atoms in total. The maximum atomic E-state index is 9.32. The smallest absolute Gasteiger partial charge is 0.103 e. The van der Waals surface area contributed by atoms with Crippen LogP contribution < -0.4 is 10.6 Å². The Morgan fingerprint density at radius 3 is 2.74 bits per heavy atom. The molecular formula is C15H16N4. The molecule has 0 spiro atoms. The molecule has 1 aliphatic rings. The topological polar surface area (TPSA) is 65.9 Å². The van der Waals surface area contributed by atoms with E-state index in [1.807, 2.05) is 24.3 Å². The molecule has 0 unspecified atom stereocenters. The zero-order valence-electron chi connectivity index (χ0n) is 10.7. The number of aromatic nitrogens is 1. The van der Waals surface area contributed by atoms with Crippen molar-refractivity contribution < 1.29 is 0 Å². The van der Waals surface area contributed by atoms with Crippen molar-refractivity contribution in [1.29, 1.82) is 5.26 Å². The number of pyridine rings is 1. The highest BCUT2D eigenvalue weighted by Crippen LogP contribution is 2.30. The van der Waals surface area contributed by atoms with Gasteiger partial charge in [-0.3, -0.25) is 4.98 Å². The first-order chi connectivity index (χ1) is 9.29. The summed E-state index contributed by atoms with van der Waals surface area (Å²) < 4.78 is 0. The molecule has 2 N–H and O–H groups in total. The molecule has 1 aromatic heterocycles. The quantitative estimate of drug-likeness (QED) is 0.843. The average molecular weight is 252 g/mol. The van der Waals surface area contributed by atoms with Gasteiger partial charge in [0.25, 0.3) is 0 Å². The van der Waals surface area contributed by atoms with Crippen molar-refractivity contribution in [3.63, 3.8) is 0 Å². The molecule has 0 radical (unpaired) electrons. The summed E-state index contributed by atoms with van der Waals surface area (Å²) in [7, 11) is 0. The number of anilines is 1. The van der Waals surface area contributed by atoms with Crippen molar-refractivity contribution in [2.45, 2.75) is 18.9 Å². The van der Waals surface area contributed by atoms with Gasteiger partial charge < -0.3 is 10.6 Å². The number of piperidine rings is 1. The summed E-state index contributed by atoms with van der Waals surface area (Å²) in [6.07, 6.45) is 3.62. The molecule has 0 atom stereocenters. The lowest BCUT2D eigenvalue weighted by atomic mass is 10.0. The van der Waals surface area contributed by atoms with Crippen LogP contribution in [-0.4, -0.2) is 24.1 Å². The van der Waals surface area contributed by atoms with Gasteiger partial charge in [0.1, 0.15) is 6.07 Å². The van der Waals surface area contributed by atoms with Crippen molar-refractivity contribution in [3.05, 3.63) is 36.0 Å². The monoisotopic (exact) mass is 252 g/mol. The van der Waals surface area contributed by atoms with Crippen molar-refractivity contribution >= 4 is 16.6 Å². The minimum absolute atomic E-state index is 0.287. The number of hydrogen-bond donors (Lipinski definition) is 1. The van der Waals surface area contributed by atoms with Crippen molar-refractivity contribution in [3.8, 4) is 6.07 Å². The van der Waals surface area contributed by atoms with Crippen LogP contribution in [0.4, 0.5) is 5.69 Å². The second-order valence-electron chi connectivity index (χ2n) is 4.97. The van der Waals surface area contributed by atoms with E-state index in [1.165, 1.54) is 0 Å². The third kappa shape index (κ3) is 2.13. The molecule has 2 aromatic rings. The molecule has 3 rings (SSSR count). The zero-order valence-corrected chi connectivity index (χ0v) is 10.7. The van der Waals surface area contributed by atoms with Crippen LogP contribution in [0.15, 0.2) is 30.5 Å². The van der Waals surface area contributed by atoms with Crippen LogP contribution >= 0.6 is 0 Å². The van der Waals surface area contributed by atoms with Crippen molar-refractivity contribution in [2.24, 2.45) is 5.73 Å². The van der Waals surface area contributed by atoms with E-state index in [4.69, 9.17) is 5.73 Å². The predicted molar refractivity (Wildman–Crippen MR) is 75.9 cm³/mol. The summed E-state index contributed by atoms with van der Waals surface area (Å²) in [5.41, 5.74) is 8.55. The number of benzene rings is 1. The maximum Gasteiger partial charge on any atom is 0.103 e. The van der Waals surface area contributed by atoms with Crippen molar-refractivity contribution in [1.82, 2.24) is 4.98 Å². The molecule has 1 saturated heterocycles. The molecule has 0 bridgehead atoms. The normalized spacial score (nSPS) is 16.5. The summed E-state index contributed by atoms with van der Waals surface area (Å²) in [6.45, 7) is 1.81. The van der Waals surface area contributed by atoms with Gasteiger partial charge in [0, 0.05) is 30.7 Å². The Labute approximate surface area is 112 Å². The van der Waals surface area contributed by atoms with Crippen molar-refractivity contribution in [2.75, 3.05) is 18.0 Å². The molecule has 0 saturated carbocycles. The van der Waals surface area contributed by atoms with E-state index < -0.39 is 0 Å². The summed E-state index contributed by atoms with van der Waals surface area (Å²) in [4.78, 5) is 6.62. The molecule has 0 amide bonds. The standard InChI is InChI=1S/C15H16N4/c16-9-11-10-18-14-4-2-1-3-13(14)15(11)19-7-5-12(17)6-8-19/h1-4,10,12H,5-8,17H2. The second-order valence-corrected chi connectivity index (χ2v) is 4.97. The Balaban J connectivity index is 2.12. The third-order valence-electron chi connectivity index (χ3n) is 3.72. The zero-order chi connectivity index (χ0) is 13.2. The summed E-state index contributed by atoms with van der Waals surface area (Å²) in [6, 6.07) is 10.5. The molecule has 96 valence electrons. The molecule has 1 aliphatic heterocycles. The Hall–Kier alpha value is -2.12. The minimum Gasteiger partial charge on any atom is -0.370 e. The molecule has 2 heterocycles. The first-order valence-corrected chi connectivity index (χ1v) is 6.58. The van der Waals surface area contributed by atoms with Gasteiger partial charge in [-0.1, -0.05) is 18.2 Å². The highest BCUT2D eigenvalue weighted by molar-refractivity contribution is 5.94. The van der Waals surface area contributed by atoms with E-state index in [2.05, 4.69) is 16.0 Å². The lowest BCUT2D eigenvalue weighted by Gasteiger charge is -2.33. The van der Waals surface area contributed by atoms with Crippen LogP contribution in [0.2, 0.25) is 0 Å². The van der Waals surface area contributed by atoms with Gasteiger partial charge in [-0.25, -0.2) is 0 Å². The van der Waals surface area contributed by atoms with Gasteiger partial charge in [0.2, 0.25) is 0 Å². The Morgan fingerprint density at radius 2 is 2.00 bits per heavy atom. The summed E-state index contributed by atoms with van der Waals surface area (Å²) >= 11 is 0. The molecule has 19 heavy (non-hydrogen) atoms. The Morgan fingerprint density at radius 1 is 1.26 bits per heavy atom.